The minimum Gasteiger partial charge on any atom is -0.466 e. The Morgan fingerprint density at radius 1 is 1.44 bits per heavy atom. The molecule has 0 unspecified atom stereocenters. The fraction of sp³-hybridized carbons (Fsp3) is 0.750. The van der Waals surface area contributed by atoms with Crippen molar-refractivity contribution in [3.05, 3.63) is 0 Å². The Kier molecular flexibility index (Phi) is 4.25. The standard InChI is InChI=1S/C8H13NO6S/c1-16(12,13)15-8-2-7(4-14-6-11)9(3-8)5-10/h5-8H,2-4H2,1H3/t7-,8+/m0/s1. The number of hydrogen-bond acceptors (Lipinski definition) is 6. The van der Waals surface area contributed by atoms with Crippen molar-refractivity contribution in [1.29, 1.82) is 0 Å². The Hall–Kier alpha value is -1.15. The van der Waals surface area contributed by atoms with Crippen molar-refractivity contribution in [1.82, 2.24) is 4.90 Å². The summed E-state index contributed by atoms with van der Waals surface area (Å²) in [7, 11) is -3.54. The van der Waals surface area contributed by atoms with E-state index in [4.69, 9.17) is 4.18 Å². The van der Waals surface area contributed by atoms with E-state index in [1.54, 1.807) is 0 Å². The highest BCUT2D eigenvalue weighted by molar-refractivity contribution is 7.86. The fourth-order valence-electron chi connectivity index (χ4n) is 1.66. The van der Waals surface area contributed by atoms with Gasteiger partial charge in [0.1, 0.15) is 6.61 Å². The molecule has 0 aromatic heterocycles. The van der Waals surface area contributed by atoms with E-state index in [1.807, 2.05) is 0 Å². The molecule has 1 rings (SSSR count). The summed E-state index contributed by atoms with van der Waals surface area (Å²) >= 11 is 0. The predicted octanol–water partition coefficient (Wildman–Crippen LogP) is -1.27. The Morgan fingerprint density at radius 2 is 2.12 bits per heavy atom. The van der Waals surface area contributed by atoms with Crippen molar-refractivity contribution in [2.45, 2.75) is 18.6 Å². The van der Waals surface area contributed by atoms with Gasteiger partial charge < -0.3 is 9.64 Å². The molecule has 0 bridgehead atoms. The Balaban J connectivity index is 2.55. The van der Waals surface area contributed by atoms with Gasteiger partial charge in [-0.15, -0.1) is 0 Å². The first-order chi connectivity index (χ1) is 7.46. The molecular weight excluding hydrogens is 238 g/mol. The van der Waals surface area contributed by atoms with Gasteiger partial charge in [0, 0.05) is 13.0 Å². The summed E-state index contributed by atoms with van der Waals surface area (Å²) in [5.74, 6) is 0. The van der Waals surface area contributed by atoms with Gasteiger partial charge in [-0.2, -0.15) is 8.42 Å². The van der Waals surface area contributed by atoms with Gasteiger partial charge in [-0.25, -0.2) is 0 Å². The van der Waals surface area contributed by atoms with Crippen LogP contribution in [-0.4, -0.2) is 57.8 Å². The third-order valence-electron chi connectivity index (χ3n) is 2.22. The van der Waals surface area contributed by atoms with Crippen molar-refractivity contribution in [2.24, 2.45) is 0 Å². The molecular formula is C8H13NO6S. The quantitative estimate of drug-likeness (QED) is 0.432. The largest absolute Gasteiger partial charge is 0.466 e. The predicted molar refractivity (Wildman–Crippen MR) is 52.9 cm³/mol. The number of hydrogen-bond donors (Lipinski definition) is 0. The lowest BCUT2D eigenvalue weighted by atomic mass is 10.2. The number of likely N-dealkylation sites (tertiary alicyclic amines) is 1. The van der Waals surface area contributed by atoms with Gasteiger partial charge >= 0.3 is 0 Å². The molecule has 2 atom stereocenters. The van der Waals surface area contributed by atoms with E-state index in [2.05, 4.69) is 4.74 Å². The second kappa shape index (κ2) is 5.26. The highest BCUT2D eigenvalue weighted by atomic mass is 32.2. The number of nitrogens with zero attached hydrogens (tertiary/aromatic N) is 1. The number of amides is 1. The molecule has 8 heteroatoms. The normalized spacial score (nSPS) is 25.4. The zero-order valence-corrected chi connectivity index (χ0v) is 9.55. The third-order valence-corrected chi connectivity index (χ3v) is 2.84. The van der Waals surface area contributed by atoms with Gasteiger partial charge in [-0.1, -0.05) is 0 Å². The molecule has 0 radical (unpaired) electrons. The Labute approximate surface area is 93.4 Å². The van der Waals surface area contributed by atoms with Crippen LogP contribution in [-0.2, 0) is 28.6 Å². The van der Waals surface area contributed by atoms with Crippen LogP contribution in [0.3, 0.4) is 0 Å². The summed E-state index contributed by atoms with van der Waals surface area (Å²) in [5.41, 5.74) is 0. The monoisotopic (exact) mass is 251 g/mol. The first-order valence-corrected chi connectivity index (χ1v) is 6.42. The first kappa shape index (κ1) is 12.9. The van der Waals surface area contributed by atoms with E-state index < -0.39 is 16.2 Å². The van der Waals surface area contributed by atoms with E-state index >= 15 is 0 Å². The van der Waals surface area contributed by atoms with Crippen molar-refractivity contribution in [3.63, 3.8) is 0 Å². The van der Waals surface area contributed by atoms with Gasteiger partial charge in [0.25, 0.3) is 16.6 Å². The highest BCUT2D eigenvalue weighted by Gasteiger charge is 2.34. The number of ether oxygens (including phenoxy) is 1. The van der Waals surface area contributed by atoms with Crippen LogP contribution < -0.4 is 0 Å². The summed E-state index contributed by atoms with van der Waals surface area (Å²) in [6.07, 6.45) is 1.30. The molecule has 0 N–H and O–H groups in total. The zero-order chi connectivity index (χ0) is 12.2. The van der Waals surface area contributed by atoms with E-state index in [1.165, 1.54) is 4.90 Å². The minimum absolute atomic E-state index is 0.0475. The molecule has 0 aliphatic carbocycles. The Bertz CT molecular complexity index is 354. The summed E-state index contributed by atoms with van der Waals surface area (Å²) in [6, 6.07) is -0.325. The first-order valence-electron chi connectivity index (χ1n) is 4.61. The van der Waals surface area contributed by atoms with Crippen LogP contribution in [0.1, 0.15) is 6.42 Å². The molecule has 0 aromatic rings. The molecule has 16 heavy (non-hydrogen) atoms. The number of carbonyl (C=O) groups is 2. The maximum absolute atomic E-state index is 10.9. The molecule has 0 saturated carbocycles. The number of carbonyl (C=O) groups excluding carboxylic acids is 2. The summed E-state index contributed by atoms with van der Waals surface area (Å²) in [4.78, 5) is 22.0. The van der Waals surface area contributed by atoms with E-state index in [0.717, 1.165) is 6.26 Å². The molecule has 0 aromatic carbocycles. The van der Waals surface area contributed by atoms with Gasteiger partial charge in [-0.3, -0.25) is 13.8 Å². The second-order valence-corrected chi connectivity index (χ2v) is 5.14. The SMILES string of the molecule is CS(=O)(=O)O[C@@H]1C[C@@H](COC=O)N(C=O)C1. The summed E-state index contributed by atoms with van der Waals surface area (Å²) < 4.78 is 31.1. The molecule has 1 aliphatic rings. The zero-order valence-electron chi connectivity index (χ0n) is 8.74. The molecule has 1 heterocycles. The van der Waals surface area contributed by atoms with E-state index in [-0.39, 0.29) is 25.7 Å². The van der Waals surface area contributed by atoms with Gasteiger partial charge in [0.05, 0.1) is 18.4 Å². The van der Waals surface area contributed by atoms with Crippen LogP contribution in [0.25, 0.3) is 0 Å². The third kappa shape index (κ3) is 3.78. The highest BCUT2D eigenvalue weighted by Crippen LogP contribution is 2.20. The molecule has 0 spiro atoms. The average molecular weight is 251 g/mol. The minimum atomic E-state index is -3.54. The maximum atomic E-state index is 10.9. The lowest BCUT2D eigenvalue weighted by Crippen LogP contribution is -2.32. The van der Waals surface area contributed by atoms with Crippen LogP contribution in [0.15, 0.2) is 0 Å². The van der Waals surface area contributed by atoms with Crippen molar-refractivity contribution < 1.29 is 26.9 Å². The number of rotatable bonds is 6. The van der Waals surface area contributed by atoms with Gasteiger partial charge in [0.2, 0.25) is 6.41 Å². The maximum Gasteiger partial charge on any atom is 0.293 e. The van der Waals surface area contributed by atoms with Crippen LogP contribution in [0.4, 0.5) is 0 Å². The molecule has 7 nitrogen and oxygen atoms in total. The van der Waals surface area contributed by atoms with Gasteiger partial charge in [0.15, 0.2) is 0 Å². The fourth-order valence-corrected chi connectivity index (χ4v) is 2.29. The lowest BCUT2D eigenvalue weighted by molar-refractivity contribution is -0.132. The van der Waals surface area contributed by atoms with Crippen LogP contribution in [0.2, 0.25) is 0 Å². The molecule has 1 amide bonds. The lowest BCUT2D eigenvalue weighted by Gasteiger charge is -2.17. The summed E-state index contributed by atoms with van der Waals surface area (Å²) in [5, 5.41) is 0. The molecule has 1 fully saturated rings. The van der Waals surface area contributed by atoms with Crippen molar-refractivity contribution >= 4 is 23.0 Å². The topological polar surface area (TPSA) is 90.0 Å². The summed E-state index contributed by atoms with van der Waals surface area (Å²) in [6.45, 7) is 0.517. The molecule has 92 valence electrons. The van der Waals surface area contributed by atoms with Crippen LogP contribution in [0.5, 0.6) is 0 Å². The Morgan fingerprint density at radius 3 is 2.62 bits per heavy atom. The van der Waals surface area contributed by atoms with Gasteiger partial charge in [-0.05, 0) is 0 Å². The van der Waals surface area contributed by atoms with E-state index in [0.29, 0.717) is 12.8 Å². The van der Waals surface area contributed by atoms with Crippen LogP contribution in [0, 0.1) is 0 Å². The van der Waals surface area contributed by atoms with Crippen LogP contribution >= 0.6 is 0 Å². The molecule has 1 aliphatic heterocycles. The van der Waals surface area contributed by atoms with Crippen molar-refractivity contribution in [3.8, 4) is 0 Å². The smallest absolute Gasteiger partial charge is 0.293 e. The molecule has 1 saturated heterocycles. The average Bonchev–Trinajstić information content (AvgIpc) is 2.54. The van der Waals surface area contributed by atoms with E-state index in [9.17, 15) is 18.0 Å². The second-order valence-electron chi connectivity index (χ2n) is 3.54. The van der Waals surface area contributed by atoms with Crippen molar-refractivity contribution in [2.75, 3.05) is 19.4 Å².